The van der Waals surface area contributed by atoms with Crippen LogP contribution in [0.1, 0.15) is 0 Å². The van der Waals surface area contributed by atoms with Crippen molar-refractivity contribution in [1.82, 2.24) is 0 Å². The fourth-order valence-electron chi connectivity index (χ4n) is 7.91. The molecule has 4 heterocycles. The molecule has 0 aliphatic carbocycles. The molecule has 52 heavy (non-hydrogen) atoms. The molecule has 0 aliphatic heterocycles. The molecule has 8 aromatic carbocycles. The van der Waals surface area contributed by atoms with E-state index in [4.69, 9.17) is 0 Å². The van der Waals surface area contributed by atoms with E-state index in [9.17, 15) is 0 Å². The Morgan fingerprint density at radius 3 is 1.29 bits per heavy atom. The molecule has 0 atom stereocenters. The first-order chi connectivity index (χ1) is 25.7. The zero-order valence-corrected chi connectivity index (χ0v) is 30.9. The van der Waals surface area contributed by atoms with E-state index in [1.54, 1.807) is 0 Å². The third-order valence-electron chi connectivity index (χ3n) is 10.6. The lowest BCUT2D eigenvalue weighted by Crippen LogP contribution is -1.82. The van der Waals surface area contributed by atoms with Crippen molar-refractivity contribution in [3.63, 3.8) is 0 Å². The topological polar surface area (TPSA) is 0 Å². The largest absolute Gasteiger partial charge is 0.134 e. The molecule has 0 nitrogen and oxygen atoms in total. The number of rotatable bonds is 3. The Bertz CT molecular complexity index is 3390. The standard InChI is InChI=1S/C48H26S4/c1-2-6-28-23-43-39(20-27(28)5-1)47-48(51-43)40-21-34-14-13-33(19-38(34)26-44(40)52-47)31-10-9-30-18-32(12-11-29(30)17-31)35-15-16-37-25-46(50-42(37)22-35)45-24-36-7-3-4-8-41(36)49-45/h1-26H. The highest BCUT2D eigenvalue weighted by molar-refractivity contribution is 7.36. The van der Waals surface area contributed by atoms with Gasteiger partial charge in [0.25, 0.3) is 0 Å². The zero-order chi connectivity index (χ0) is 33.9. The van der Waals surface area contributed by atoms with Crippen molar-refractivity contribution in [2.24, 2.45) is 0 Å². The smallest absolute Gasteiger partial charge is 0.0542 e. The number of benzene rings is 8. The molecule has 0 bridgehead atoms. The van der Waals surface area contributed by atoms with Crippen molar-refractivity contribution in [3.8, 4) is 32.0 Å². The van der Waals surface area contributed by atoms with Crippen LogP contribution in [0, 0.1) is 0 Å². The average Bonchev–Trinajstić information content (AvgIpc) is 3.97. The van der Waals surface area contributed by atoms with Crippen LogP contribution in [0.3, 0.4) is 0 Å². The van der Waals surface area contributed by atoms with E-state index in [1.165, 1.54) is 114 Å². The Kier molecular flexibility index (Phi) is 6.23. The van der Waals surface area contributed by atoms with Gasteiger partial charge in [-0.25, -0.2) is 0 Å². The maximum Gasteiger partial charge on any atom is 0.0542 e. The summed E-state index contributed by atoms with van der Waals surface area (Å²) in [6.07, 6.45) is 0. The van der Waals surface area contributed by atoms with Crippen LogP contribution >= 0.6 is 45.3 Å². The molecule has 0 saturated carbocycles. The molecule has 4 aromatic heterocycles. The quantitative estimate of drug-likeness (QED) is 0.170. The molecule has 242 valence electrons. The Labute approximate surface area is 315 Å². The van der Waals surface area contributed by atoms with Crippen LogP contribution in [-0.4, -0.2) is 0 Å². The van der Waals surface area contributed by atoms with Crippen LogP contribution in [0.25, 0.3) is 114 Å². The number of fused-ring (bicyclic) bond motifs is 10. The highest BCUT2D eigenvalue weighted by atomic mass is 32.1. The lowest BCUT2D eigenvalue weighted by Gasteiger charge is -2.09. The maximum absolute atomic E-state index is 2.41. The normalized spacial score (nSPS) is 12.2. The van der Waals surface area contributed by atoms with Gasteiger partial charge in [-0.1, -0.05) is 91.0 Å². The van der Waals surface area contributed by atoms with Crippen molar-refractivity contribution in [3.05, 3.63) is 158 Å². The minimum absolute atomic E-state index is 1.25. The van der Waals surface area contributed by atoms with Crippen molar-refractivity contribution in [1.29, 1.82) is 0 Å². The van der Waals surface area contributed by atoms with Gasteiger partial charge in [-0.3, -0.25) is 0 Å². The molecule has 0 spiro atoms. The molecule has 0 aliphatic rings. The summed E-state index contributed by atoms with van der Waals surface area (Å²) in [7, 11) is 0. The lowest BCUT2D eigenvalue weighted by atomic mass is 9.96. The van der Waals surface area contributed by atoms with Crippen LogP contribution in [0.2, 0.25) is 0 Å². The molecule has 0 saturated heterocycles. The number of hydrogen-bond donors (Lipinski definition) is 0. The molecule has 0 N–H and O–H groups in total. The second-order valence-electron chi connectivity index (χ2n) is 13.8. The van der Waals surface area contributed by atoms with Gasteiger partial charge in [0.1, 0.15) is 0 Å². The second kappa shape index (κ2) is 11.1. The van der Waals surface area contributed by atoms with E-state index in [0.717, 1.165) is 0 Å². The predicted octanol–water partition coefficient (Wildman–Crippen LogP) is 16.2. The monoisotopic (exact) mass is 730 g/mol. The molecule has 12 rings (SSSR count). The third kappa shape index (κ3) is 4.55. The summed E-state index contributed by atoms with van der Waals surface area (Å²) in [5.74, 6) is 0. The van der Waals surface area contributed by atoms with Gasteiger partial charge in [-0.15, -0.1) is 45.3 Å². The fourth-order valence-corrected chi connectivity index (χ4v) is 12.8. The molecule has 12 aromatic rings. The van der Waals surface area contributed by atoms with Crippen molar-refractivity contribution in [2.45, 2.75) is 0 Å². The van der Waals surface area contributed by atoms with Gasteiger partial charge in [-0.05, 0) is 132 Å². The molecule has 0 amide bonds. The van der Waals surface area contributed by atoms with Crippen molar-refractivity contribution in [2.75, 3.05) is 0 Å². The van der Waals surface area contributed by atoms with Crippen LogP contribution in [0.5, 0.6) is 0 Å². The first kappa shape index (κ1) is 29.2. The molecular weight excluding hydrogens is 705 g/mol. The van der Waals surface area contributed by atoms with Gasteiger partial charge in [-0.2, -0.15) is 0 Å². The predicted molar refractivity (Wildman–Crippen MR) is 234 cm³/mol. The van der Waals surface area contributed by atoms with E-state index in [1.807, 2.05) is 45.3 Å². The minimum atomic E-state index is 1.25. The lowest BCUT2D eigenvalue weighted by molar-refractivity contribution is 1.66. The SMILES string of the molecule is c1ccc2cc3c(cc2c1)sc1c2cc4ccc(-c5ccc6cc(-c7ccc8cc(-c9cc%10ccccc%10s9)sc8c7)ccc6c5)cc4cc2sc31. The summed E-state index contributed by atoms with van der Waals surface area (Å²) in [4.78, 5) is 2.69. The Hall–Kier alpha value is -5.36. The van der Waals surface area contributed by atoms with Crippen LogP contribution in [0.15, 0.2) is 158 Å². The minimum Gasteiger partial charge on any atom is -0.134 e. The third-order valence-corrected chi connectivity index (χ3v) is 15.5. The highest BCUT2D eigenvalue weighted by Crippen LogP contribution is 2.47. The van der Waals surface area contributed by atoms with Gasteiger partial charge in [0.15, 0.2) is 0 Å². The van der Waals surface area contributed by atoms with Crippen LogP contribution in [0.4, 0.5) is 0 Å². The van der Waals surface area contributed by atoms with E-state index in [0.29, 0.717) is 0 Å². The summed E-state index contributed by atoms with van der Waals surface area (Å²) in [5, 5.41) is 13.1. The van der Waals surface area contributed by atoms with Gasteiger partial charge in [0.2, 0.25) is 0 Å². The summed E-state index contributed by atoms with van der Waals surface area (Å²) in [6.45, 7) is 0. The first-order valence-corrected chi connectivity index (χ1v) is 20.7. The summed E-state index contributed by atoms with van der Waals surface area (Å²) >= 11 is 7.64. The van der Waals surface area contributed by atoms with E-state index < -0.39 is 0 Å². The fraction of sp³-hybridized carbons (Fsp3) is 0. The van der Waals surface area contributed by atoms with E-state index >= 15 is 0 Å². The maximum atomic E-state index is 2.41. The molecule has 0 unspecified atom stereocenters. The molecule has 0 fully saturated rings. The number of hydrogen-bond acceptors (Lipinski definition) is 4. The van der Waals surface area contributed by atoms with E-state index in [2.05, 4.69) is 158 Å². The van der Waals surface area contributed by atoms with Crippen LogP contribution in [-0.2, 0) is 0 Å². The van der Waals surface area contributed by atoms with Gasteiger partial charge < -0.3 is 0 Å². The second-order valence-corrected chi connectivity index (χ2v) is 18.0. The molecular formula is C48H26S4. The zero-order valence-electron chi connectivity index (χ0n) is 27.6. The number of thiophene rings is 4. The summed E-state index contributed by atoms with van der Waals surface area (Å²) in [5.41, 5.74) is 5.02. The van der Waals surface area contributed by atoms with E-state index in [-0.39, 0.29) is 0 Å². The first-order valence-electron chi connectivity index (χ1n) is 17.5. The Morgan fingerprint density at radius 2 is 0.673 bits per heavy atom. The summed E-state index contributed by atoms with van der Waals surface area (Å²) in [6, 6.07) is 59.3. The van der Waals surface area contributed by atoms with Gasteiger partial charge in [0, 0.05) is 39.3 Å². The summed E-state index contributed by atoms with van der Waals surface area (Å²) < 4.78 is 8.25. The Morgan fingerprint density at radius 1 is 0.250 bits per heavy atom. The highest BCUT2D eigenvalue weighted by Gasteiger charge is 2.15. The average molecular weight is 731 g/mol. The van der Waals surface area contributed by atoms with Crippen molar-refractivity contribution < 1.29 is 0 Å². The van der Waals surface area contributed by atoms with Crippen molar-refractivity contribution >= 4 is 127 Å². The van der Waals surface area contributed by atoms with Gasteiger partial charge >= 0.3 is 0 Å². The van der Waals surface area contributed by atoms with Crippen LogP contribution < -0.4 is 0 Å². The molecule has 4 heteroatoms. The van der Waals surface area contributed by atoms with Gasteiger partial charge in [0.05, 0.1) is 9.40 Å². The molecule has 0 radical (unpaired) electrons. The Balaban J connectivity index is 0.876.